The summed E-state index contributed by atoms with van der Waals surface area (Å²) in [5, 5.41) is 12.7. The Morgan fingerprint density at radius 3 is 2.82 bits per heavy atom. The van der Waals surface area contributed by atoms with Crippen molar-refractivity contribution in [3.8, 4) is 5.75 Å². The highest BCUT2D eigenvalue weighted by atomic mass is 16.5. The van der Waals surface area contributed by atoms with Crippen LogP contribution in [0, 0.1) is 0 Å². The van der Waals surface area contributed by atoms with Crippen LogP contribution in [0.15, 0.2) is 30.7 Å². The molecule has 1 N–H and O–H groups in total. The maximum absolute atomic E-state index is 10.6. The number of ether oxygens (including phenoxy) is 1. The third-order valence-corrected chi connectivity index (χ3v) is 2.14. The van der Waals surface area contributed by atoms with E-state index in [0.717, 1.165) is 0 Å². The molecule has 0 aliphatic rings. The lowest BCUT2D eigenvalue weighted by Gasteiger charge is -2.02. The first kappa shape index (κ1) is 11.1. The Hall–Kier alpha value is -2.37. The lowest BCUT2D eigenvalue weighted by molar-refractivity contribution is 0.0696. The fourth-order valence-corrected chi connectivity index (χ4v) is 1.27. The van der Waals surface area contributed by atoms with E-state index in [2.05, 4.69) is 10.1 Å². The molecule has 2 rings (SSSR count). The molecule has 6 nitrogen and oxygen atoms in total. The number of pyridine rings is 1. The second-order valence-corrected chi connectivity index (χ2v) is 3.48. The van der Waals surface area contributed by atoms with E-state index in [9.17, 15) is 4.79 Å². The molecular weight excluding hydrogens is 222 g/mol. The normalized spacial score (nSPS) is 10.2. The number of hydrogen-bond donors (Lipinski definition) is 1. The molecule has 0 saturated heterocycles. The minimum absolute atomic E-state index is 0.162. The SMILES string of the molecule is Cn1cc(OCc2ccc(C(=O)O)cn2)cn1. The van der Waals surface area contributed by atoms with Gasteiger partial charge in [-0.3, -0.25) is 9.67 Å². The van der Waals surface area contributed by atoms with Crippen molar-refractivity contribution in [1.82, 2.24) is 14.8 Å². The molecular formula is C11H11N3O3. The van der Waals surface area contributed by atoms with Crippen LogP contribution >= 0.6 is 0 Å². The number of aromatic nitrogens is 3. The smallest absolute Gasteiger partial charge is 0.337 e. The third kappa shape index (κ3) is 2.81. The molecule has 17 heavy (non-hydrogen) atoms. The fourth-order valence-electron chi connectivity index (χ4n) is 1.27. The van der Waals surface area contributed by atoms with Crippen molar-refractivity contribution in [1.29, 1.82) is 0 Å². The first-order chi connectivity index (χ1) is 8.15. The van der Waals surface area contributed by atoms with Gasteiger partial charge >= 0.3 is 5.97 Å². The molecule has 0 unspecified atom stereocenters. The molecule has 0 amide bonds. The molecule has 0 saturated carbocycles. The molecule has 6 heteroatoms. The van der Waals surface area contributed by atoms with Gasteiger partial charge < -0.3 is 9.84 Å². The molecule has 2 aromatic heterocycles. The van der Waals surface area contributed by atoms with Crippen molar-refractivity contribution in [2.45, 2.75) is 6.61 Å². The van der Waals surface area contributed by atoms with Gasteiger partial charge in [0, 0.05) is 13.2 Å². The molecule has 0 atom stereocenters. The Bertz CT molecular complexity index is 519. The maximum Gasteiger partial charge on any atom is 0.337 e. The van der Waals surface area contributed by atoms with Gasteiger partial charge in [-0.05, 0) is 12.1 Å². The number of carboxylic acids is 1. The van der Waals surface area contributed by atoms with Gasteiger partial charge in [-0.25, -0.2) is 4.79 Å². The summed E-state index contributed by atoms with van der Waals surface area (Å²) < 4.78 is 7.06. The summed E-state index contributed by atoms with van der Waals surface area (Å²) in [6.07, 6.45) is 4.65. The summed E-state index contributed by atoms with van der Waals surface area (Å²) in [4.78, 5) is 14.6. The predicted octanol–water partition coefficient (Wildman–Crippen LogP) is 1.09. The van der Waals surface area contributed by atoms with Crippen LogP contribution in [-0.2, 0) is 13.7 Å². The molecule has 0 bridgehead atoms. The highest BCUT2D eigenvalue weighted by Gasteiger charge is 2.03. The van der Waals surface area contributed by atoms with Crippen LogP contribution in [0.4, 0.5) is 0 Å². The summed E-state index contributed by atoms with van der Waals surface area (Å²) in [7, 11) is 1.80. The average molecular weight is 233 g/mol. The molecule has 0 spiro atoms. The molecule has 0 aromatic carbocycles. The average Bonchev–Trinajstić information content (AvgIpc) is 2.73. The third-order valence-electron chi connectivity index (χ3n) is 2.14. The van der Waals surface area contributed by atoms with Gasteiger partial charge in [-0.2, -0.15) is 5.10 Å². The van der Waals surface area contributed by atoms with Crippen molar-refractivity contribution in [3.63, 3.8) is 0 Å². The van der Waals surface area contributed by atoms with Crippen molar-refractivity contribution in [2.75, 3.05) is 0 Å². The van der Waals surface area contributed by atoms with Gasteiger partial charge in [0.25, 0.3) is 0 Å². The Morgan fingerprint density at radius 1 is 1.47 bits per heavy atom. The van der Waals surface area contributed by atoms with Crippen LogP contribution in [0.3, 0.4) is 0 Å². The number of rotatable bonds is 4. The molecule has 0 aliphatic carbocycles. The Labute approximate surface area is 97.5 Å². The van der Waals surface area contributed by atoms with Crippen LogP contribution in [0.25, 0.3) is 0 Å². The lowest BCUT2D eigenvalue weighted by Crippen LogP contribution is -2.01. The molecule has 0 radical (unpaired) electrons. The van der Waals surface area contributed by atoms with Crippen LogP contribution in [0.1, 0.15) is 16.1 Å². The molecule has 2 heterocycles. The summed E-state index contributed by atoms with van der Waals surface area (Å²) in [6, 6.07) is 3.12. The van der Waals surface area contributed by atoms with E-state index >= 15 is 0 Å². The zero-order valence-electron chi connectivity index (χ0n) is 9.20. The van der Waals surface area contributed by atoms with E-state index in [1.165, 1.54) is 12.3 Å². The van der Waals surface area contributed by atoms with Gasteiger partial charge in [0.05, 0.1) is 23.7 Å². The van der Waals surface area contributed by atoms with Crippen molar-refractivity contribution in [3.05, 3.63) is 42.0 Å². The molecule has 2 aromatic rings. The number of aryl methyl sites for hydroxylation is 1. The summed E-state index contributed by atoms with van der Waals surface area (Å²) >= 11 is 0. The second kappa shape index (κ2) is 4.65. The van der Waals surface area contributed by atoms with Crippen LogP contribution in [-0.4, -0.2) is 25.8 Å². The van der Waals surface area contributed by atoms with Crippen LogP contribution in [0.2, 0.25) is 0 Å². The quantitative estimate of drug-likeness (QED) is 0.855. The zero-order valence-corrected chi connectivity index (χ0v) is 9.20. The van der Waals surface area contributed by atoms with Crippen molar-refractivity contribution < 1.29 is 14.6 Å². The first-order valence-electron chi connectivity index (χ1n) is 4.95. The minimum atomic E-state index is -0.989. The maximum atomic E-state index is 10.6. The molecule has 88 valence electrons. The second-order valence-electron chi connectivity index (χ2n) is 3.48. The van der Waals surface area contributed by atoms with E-state index in [4.69, 9.17) is 9.84 Å². The van der Waals surface area contributed by atoms with Crippen LogP contribution in [0.5, 0.6) is 5.75 Å². The van der Waals surface area contributed by atoms with Gasteiger partial charge in [0.15, 0.2) is 5.75 Å². The highest BCUT2D eigenvalue weighted by molar-refractivity contribution is 5.87. The van der Waals surface area contributed by atoms with Crippen molar-refractivity contribution >= 4 is 5.97 Å². The Morgan fingerprint density at radius 2 is 2.29 bits per heavy atom. The predicted molar refractivity (Wildman–Crippen MR) is 58.7 cm³/mol. The standard InChI is InChI=1S/C11H11N3O3/c1-14-6-10(5-13-14)17-7-9-3-2-8(4-12-9)11(15)16/h2-6H,7H2,1H3,(H,15,16). The zero-order chi connectivity index (χ0) is 12.3. The topological polar surface area (TPSA) is 77.2 Å². The lowest BCUT2D eigenvalue weighted by atomic mass is 10.2. The van der Waals surface area contributed by atoms with E-state index in [1.807, 2.05) is 0 Å². The monoisotopic (exact) mass is 233 g/mol. The van der Waals surface area contributed by atoms with E-state index in [0.29, 0.717) is 11.4 Å². The highest BCUT2D eigenvalue weighted by Crippen LogP contribution is 2.09. The Kier molecular flexibility index (Phi) is 3.04. The first-order valence-corrected chi connectivity index (χ1v) is 4.95. The van der Waals surface area contributed by atoms with E-state index in [-0.39, 0.29) is 12.2 Å². The van der Waals surface area contributed by atoms with E-state index < -0.39 is 5.97 Å². The van der Waals surface area contributed by atoms with Gasteiger partial charge in [-0.15, -0.1) is 0 Å². The van der Waals surface area contributed by atoms with Gasteiger partial charge in [-0.1, -0.05) is 0 Å². The fraction of sp³-hybridized carbons (Fsp3) is 0.182. The number of carboxylic acid groups (broad SMARTS) is 1. The minimum Gasteiger partial charge on any atom is -0.484 e. The van der Waals surface area contributed by atoms with E-state index in [1.54, 1.807) is 30.2 Å². The summed E-state index contributed by atoms with van der Waals surface area (Å²) in [6.45, 7) is 0.283. The molecule has 0 fully saturated rings. The number of hydrogen-bond acceptors (Lipinski definition) is 4. The number of carbonyl (C=O) groups is 1. The Balaban J connectivity index is 1.97. The molecule has 0 aliphatic heterocycles. The summed E-state index contributed by atoms with van der Waals surface area (Å²) in [5.74, 6) is -0.339. The van der Waals surface area contributed by atoms with Gasteiger partial charge in [0.1, 0.15) is 6.61 Å². The van der Waals surface area contributed by atoms with Crippen LogP contribution < -0.4 is 4.74 Å². The summed E-state index contributed by atoms with van der Waals surface area (Å²) in [5.41, 5.74) is 0.828. The van der Waals surface area contributed by atoms with Gasteiger partial charge in [0.2, 0.25) is 0 Å². The van der Waals surface area contributed by atoms with Crippen molar-refractivity contribution in [2.24, 2.45) is 7.05 Å². The number of aromatic carboxylic acids is 1. The number of nitrogens with zero attached hydrogens (tertiary/aromatic N) is 3. The largest absolute Gasteiger partial charge is 0.484 e.